The number of anilines is 2. The van der Waals surface area contributed by atoms with Crippen LogP contribution in [0.1, 0.15) is 54.9 Å². The molecule has 0 aromatic heterocycles. The molecule has 0 spiro atoms. The number of benzene rings is 3. The van der Waals surface area contributed by atoms with E-state index >= 15 is 0 Å². The topological polar surface area (TPSA) is 61.3 Å². The summed E-state index contributed by atoms with van der Waals surface area (Å²) in [5.41, 5.74) is 17.7. The van der Waals surface area contributed by atoms with Gasteiger partial charge >= 0.3 is 0 Å². The van der Waals surface area contributed by atoms with Gasteiger partial charge in [-0.15, -0.1) is 0 Å². The quantitative estimate of drug-likeness (QED) is 0.230. The van der Waals surface area contributed by atoms with Crippen LogP contribution in [-0.4, -0.2) is 6.61 Å². The van der Waals surface area contributed by atoms with Crippen molar-refractivity contribution in [2.24, 2.45) is 0 Å². The summed E-state index contributed by atoms with van der Waals surface area (Å²) in [6, 6.07) is 22.7. The van der Waals surface area contributed by atoms with E-state index in [1.165, 1.54) is 30.4 Å². The summed E-state index contributed by atoms with van der Waals surface area (Å²) in [4.78, 5) is 0. The summed E-state index contributed by atoms with van der Waals surface area (Å²) in [6.07, 6.45) is 9.99. The Hall–Kier alpha value is -3.20. The maximum Gasteiger partial charge on any atom is 0.119 e. The van der Waals surface area contributed by atoms with Crippen molar-refractivity contribution in [2.45, 2.75) is 39.0 Å². The van der Waals surface area contributed by atoms with Crippen molar-refractivity contribution in [2.75, 3.05) is 18.1 Å². The number of rotatable bonds is 10. The average molecular weight is 401 g/mol. The fraction of sp³-hybridized carbons (Fsp3) is 0.259. The third kappa shape index (κ3) is 6.70. The van der Waals surface area contributed by atoms with E-state index in [4.69, 9.17) is 16.2 Å². The first-order chi connectivity index (χ1) is 14.6. The van der Waals surface area contributed by atoms with Crippen molar-refractivity contribution in [3.8, 4) is 5.75 Å². The molecular weight excluding hydrogens is 368 g/mol. The molecule has 0 fully saturated rings. The zero-order chi connectivity index (χ0) is 21.2. The largest absolute Gasteiger partial charge is 0.494 e. The Bertz CT molecular complexity index is 944. The van der Waals surface area contributed by atoms with E-state index in [-0.39, 0.29) is 0 Å². The standard InChI is InChI=1S/C27H32N2O/c1-2-3-4-5-18-30-25-15-12-22(13-16-25)7-6-21-8-10-23(11-9-21)19-24-14-17-26(28)27(29)20-24/h6-17,20H,2-5,18-19,28-29H2,1H3. The van der Waals surface area contributed by atoms with Gasteiger partial charge in [0.15, 0.2) is 0 Å². The molecule has 3 rings (SSSR count). The van der Waals surface area contributed by atoms with Gasteiger partial charge in [0.2, 0.25) is 0 Å². The summed E-state index contributed by atoms with van der Waals surface area (Å²) < 4.78 is 5.81. The molecule has 3 aromatic rings. The second-order valence-corrected chi connectivity index (χ2v) is 7.69. The first kappa shape index (κ1) is 21.5. The maximum absolute atomic E-state index is 5.90. The van der Waals surface area contributed by atoms with Crippen LogP contribution >= 0.6 is 0 Å². The van der Waals surface area contributed by atoms with Gasteiger partial charge < -0.3 is 16.2 Å². The molecule has 0 unspecified atom stereocenters. The van der Waals surface area contributed by atoms with Gasteiger partial charge in [-0.1, -0.05) is 80.8 Å². The van der Waals surface area contributed by atoms with Crippen LogP contribution in [0.15, 0.2) is 66.7 Å². The van der Waals surface area contributed by atoms with E-state index in [0.29, 0.717) is 11.4 Å². The molecule has 0 saturated heterocycles. The predicted octanol–water partition coefficient (Wildman–Crippen LogP) is 6.57. The molecule has 0 aliphatic carbocycles. The predicted molar refractivity (Wildman–Crippen MR) is 130 cm³/mol. The van der Waals surface area contributed by atoms with Crippen LogP contribution in [0, 0.1) is 0 Å². The van der Waals surface area contributed by atoms with E-state index in [1.807, 2.05) is 30.3 Å². The van der Waals surface area contributed by atoms with Crippen LogP contribution in [0.4, 0.5) is 11.4 Å². The zero-order valence-electron chi connectivity index (χ0n) is 17.8. The molecule has 4 N–H and O–H groups in total. The summed E-state index contributed by atoms with van der Waals surface area (Å²) in [5, 5.41) is 0. The van der Waals surface area contributed by atoms with E-state index in [0.717, 1.165) is 36.3 Å². The fourth-order valence-corrected chi connectivity index (χ4v) is 3.30. The van der Waals surface area contributed by atoms with E-state index in [1.54, 1.807) is 0 Å². The summed E-state index contributed by atoms with van der Waals surface area (Å²) in [5.74, 6) is 0.941. The van der Waals surface area contributed by atoms with Gasteiger partial charge in [0.05, 0.1) is 18.0 Å². The minimum absolute atomic E-state index is 0.630. The molecule has 0 radical (unpaired) electrons. The maximum atomic E-state index is 5.90. The normalized spacial score (nSPS) is 11.1. The highest BCUT2D eigenvalue weighted by Gasteiger charge is 2.00. The van der Waals surface area contributed by atoms with Crippen molar-refractivity contribution in [1.82, 2.24) is 0 Å². The van der Waals surface area contributed by atoms with Crippen molar-refractivity contribution >= 4 is 23.5 Å². The summed E-state index contributed by atoms with van der Waals surface area (Å²) in [6.45, 7) is 3.02. The minimum atomic E-state index is 0.630. The Morgan fingerprint density at radius 2 is 1.33 bits per heavy atom. The number of hydrogen-bond donors (Lipinski definition) is 2. The first-order valence-corrected chi connectivity index (χ1v) is 10.8. The smallest absolute Gasteiger partial charge is 0.119 e. The highest BCUT2D eigenvalue weighted by molar-refractivity contribution is 5.70. The molecule has 0 aliphatic rings. The number of nitrogen functional groups attached to an aromatic ring is 2. The molecule has 30 heavy (non-hydrogen) atoms. The van der Waals surface area contributed by atoms with Crippen molar-refractivity contribution in [3.63, 3.8) is 0 Å². The zero-order valence-corrected chi connectivity index (χ0v) is 17.8. The van der Waals surface area contributed by atoms with Crippen molar-refractivity contribution in [1.29, 1.82) is 0 Å². The minimum Gasteiger partial charge on any atom is -0.494 e. The summed E-state index contributed by atoms with van der Waals surface area (Å²) in [7, 11) is 0. The fourth-order valence-electron chi connectivity index (χ4n) is 3.30. The van der Waals surface area contributed by atoms with Crippen molar-refractivity contribution < 1.29 is 4.74 Å². The lowest BCUT2D eigenvalue weighted by molar-refractivity contribution is 0.305. The van der Waals surface area contributed by atoms with Gasteiger partial charge in [-0.3, -0.25) is 0 Å². The van der Waals surface area contributed by atoms with Crippen molar-refractivity contribution in [3.05, 3.63) is 89.0 Å². The van der Waals surface area contributed by atoms with Crippen LogP contribution in [0.25, 0.3) is 12.2 Å². The molecule has 0 heterocycles. The Kier molecular flexibility index (Phi) is 7.96. The number of hydrogen-bond acceptors (Lipinski definition) is 3. The number of nitrogens with two attached hydrogens (primary N) is 2. The number of ether oxygens (including phenoxy) is 1. The molecule has 3 aromatic carbocycles. The van der Waals surface area contributed by atoms with Gasteiger partial charge in [0.25, 0.3) is 0 Å². The Labute approximate surface area is 180 Å². The average Bonchev–Trinajstić information content (AvgIpc) is 2.76. The Balaban J connectivity index is 1.51. The van der Waals surface area contributed by atoms with Gasteiger partial charge in [-0.25, -0.2) is 0 Å². The third-order valence-corrected chi connectivity index (χ3v) is 5.15. The van der Waals surface area contributed by atoms with Gasteiger partial charge in [-0.2, -0.15) is 0 Å². The molecule has 156 valence electrons. The molecule has 0 bridgehead atoms. The van der Waals surface area contributed by atoms with E-state index in [2.05, 4.69) is 55.5 Å². The van der Waals surface area contributed by atoms with Gasteiger partial charge in [0, 0.05) is 0 Å². The Morgan fingerprint density at radius 3 is 1.97 bits per heavy atom. The highest BCUT2D eigenvalue weighted by Crippen LogP contribution is 2.20. The Morgan fingerprint density at radius 1 is 0.700 bits per heavy atom. The molecule has 0 aliphatic heterocycles. The third-order valence-electron chi connectivity index (χ3n) is 5.15. The number of unbranched alkanes of at least 4 members (excludes halogenated alkanes) is 3. The molecule has 0 atom stereocenters. The second kappa shape index (κ2) is 11.1. The second-order valence-electron chi connectivity index (χ2n) is 7.69. The van der Waals surface area contributed by atoms with E-state index < -0.39 is 0 Å². The van der Waals surface area contributed by atoms with Gasteiger partial charge in [-0.05, 0) is 59.4 Å². The molecule has 3 nitrogen and oxygen atoms in total. The van der Waals surface area contributed by atoms with Crippen LogP contribution in [0.2, 0.25) is 0 Å². The monoisotopic (exact) mass is 400 g/mol. The first-order valence-electron chi connectivity index (χ1n) is 10.8. The summed E-state index contributed by atoms with van der Waals surface area (Å²) >= 11 is 0. The lowest BCUT2D eigenvalue weighted by Gasteiger charge is -2.06. The molecule has 0 saturated carbocycles. The lowest BCUT2D eigenvalue weighted by atomic mass is 10.0. The van der Waals surface area contributed by atoms with Crippen LogP contribution in [0.3, 0.4) is 0 Å². The molecule has 3 heteroatoms. The van der Waals surface area contributed by atoms with Gasteiger partial charge in [0.1, 0.15) is 5.75 Å². The van der Waals surface area contributed by atoms with E-state index in [9.17, 15) is 0 Å². The SMILES string of the molecule is CCCCCCOc1ccc(C=Cc2ccc(Cc3ccc(N)c(N)c3)cc2)cc1. The van der Waals surface area contributed by atoms with Crippen LogP contribution in [-0.2, 0) is 6.42 Å². The highest BCUT2D eigenvalue weighted by atomic mass is 16.5. The lowest BCUT2D eigenvalue weighted by Crippen LogP contribution is -1.96. The molecule has 0 amide bonds. The van der Waals surface area contributed by atoms with Crippen LogP contribution in [0.5, 0.6) is 5.75 Å². The van der Waals surface area contributed by atoms with Crippen LogP contribution < -0.4 is 16.2 Å². The molecular formula is C27H32N2O.